The van der Waals surface area contributed by atoms with Gasteiger partial charge < -0.3 is 14.3 Å². The summed E-state index contributed by atoms with van der Waals surface area (Å²) in [5.74, 6) is 0.557. The highest BCUT2D eigenvalue weighted by molar-refractivity contribution is 5.07. The van der Waals surface area contributed by atoms with E-state index in [1.165, 1.54) is 12.8 Å². The van der Waals surface area contributed by atoms with Crippen molar-refractivity contribution in [2.75, 3.05) is 7.11 Å². The van der Waals surface area contributed by atoms with Gasteiger partial charge in [-0.2, -0.15) is 0 Å². The van der Waals surface area contributed by atoms with E-state index in [1.807, 2.05) is 6.07 Å². The molecule has 3 heteroatoms. The fourth-order valence-electron chi connectivity index (χ4n) is 1.85. The standard InChI is InChI=1S/C11H16O3/c1-13-11(9-2-3-9)10(12)6-8-4-5-14-7-8/h4-5,7,9-12H,2-3,6H2,1H3. The van der Waals surface area contributed by atoms with Crippen LogP contribution in [0.25, 0.3) is 0 Å². The predicted octanol–water partition coefficient (Wildman–Crippen LogP) is 1.61. The molecule has 1 fully saturated rings. The highest BCUT2D eigenvalue weighted by atomic mass is 16.5. The Morgan fingerprint density at radius 3 is 2.93 bits per heavy atom. The van der Waals surface area contributed by atoms with Crippen LogP contribution in [0.4, 0.5) is 0 Å². The zero-order chi connectivity index (χ0) is 9.97. The molecule has 78 valence electrons. The largest absolute Gasteiger partial charge is 0.472 e. The van der Waals surface area contributed by atoms with Crippen LogP contribution in [0, 0.1) is 5.92 Å². The number of aliphatic hydroxyl groups excluding tert-OH is 1. The molecule has 1 saturated carbocycles. The van der Waals surface area contributed by atoms with Crippen LogP contribution in [0.3, 0.4) is 0 Å². The second-order valence-electron chi connectivity index (χ2n) is 3.94. The molecule has 0 aliphatic heterocycles. The number of ether oxygens (including phenoxy) is 1. The van der Waals surface area contributed by atoms with E-state index in [0.717, 1.165) is 5.56 Å². The van der Waals surface area contributed by atoms with Crippen LogP contribution in [-0.2, 0) is 11.2 Å². The first-order chi connectivity index (χ1) is 6.81. The Balaban J connectivity index is 1.90. The third-order valence-electron chi connectivity index (χ3n) is 2.76. The maximum Gasteiger partial charge on any atom is 0.0935 e. The summed E-state index contributed by atoms with van der Waals surface area (Å²) in [4.78, 5) is 0. The van der Waals surface area contributed by atoms with Crippen molar-refractivity contribution >= 4 is 0 Å². The number of aliphatic hydroxyl groups is 1. The summed E-state index contributed by atoms with van der Waals surface area (Å²) in [6.45, 7) is 0. The molecule has 2 unspecified atom stereocenters. The van der Waals surface area contributed by atoms with Crippen LogP contribution in [0.15, 0.2) is 23.0 Å². The third-order valence-corrected chi connectivity index (χ3v) is 2.76. The number of methoxy groups -OCH3 is 1. The molecule has 2 rings (SSSR count). The smallest absolute Gasteiger partial charge is 0.0935 e. The molecule has 2 atom stereocenters. The van der Waals surface area contributed by atoms with Crippen molar-refractivity contribution in [1.29, 1.82) is 0 Å². The minimum atomic E-state index is -0.412. The molecule has 14 heavy (non-hydrogen) atoms. The van der Waals surface area contributed by atoms with E-state index in [0.29, 0.717) is 12.3 Å². The van der Waals surface area contributed by atoms with Gasteiger partial charge in [-0.25, -0.2) is 0 Å². The lowest BCUT2D eigenvalue weighted by atomic mass is 10.0. The van der Waals surface area contributed by atoms with E-state index < -0.39 is 6.10 Å². The van der Waals surface area contributed by atoms with E-state index in [4.69, 9.17) is 9.15 Å². The van der Waals surface area contributed by atoms with Crippen LogP contribution >= 0.6 is 0 Å². The van der Waals surface area contributed by atoms with Gasteiger partial charge in [0.1, 0.15) is 0 Å². The van der Waals surface area contributed by atoms with Crippen molar-refractivity contribution in [1.82, 2.24) is 0 Å². The fourth-order valence-corrected chi connectivity index (χ4v) is 1.85. The molecular formula is C11H16O3. The number of furan rings is 1. The molecule has 1 heterocycles. The lowest BCUT2D eigenvalue weighted by Gasteiger charge is -2.20. The highest BCUT2D eigenvalue weighted by Gasteiger charge is 2.36. The molecule has 1 aliphatic carbocycles. The molecule has 0 saturated heterocycles. The lowest BCUT2D eigenvalue weighted by Crippen LogP contribution is -2.31. The van der Waals surface area contributed by atoms with E-state index in [1.54, 1.807) is 19.6 Å². The second kappa shape index (κ2) is 4.15. The Morgan fingerprint density at radius 1 is 1.64 bits per heavy atom. The molecule has 1 aliphatic rings. The van der Waals surface area contributed by atoms with E-state index in [9.17, 15) is 5.11 Å². The number of rotatable bonds is 5. The zero-order valence-corrected chi connectivity index (χ0v) is 8.35. The van der Waals surface area contributed by atoms with Crippen LogP contribution in [0.5, 0.6) is 0 Å². The lowest BCUT2D eigenvalue weighted by molar-refractivity contribution is -0.0238. The van der Waals surface area contributed by atoms with Gasteiger partial charge in [0.25, 0.3) is 0 Å². The SMILES string of the molecule is COC(C(O)Cc1ccoc1)C1CC1. The maximum absolute atomic E-state index is 9.92. The van der Waals surface area contributed by atoms with Gasteiger partial charge in [-0.05, 0) is 30.4 Å². The Hall–Kier alpha value is -0.800. The Bertz CT molecular complexity index is 264. The summed E-state index contributed by atoms with van der Waals surface area (Å²) in [6, 6.07) is 1.88. The van der Waals surface area contributed by atoms with Crippen LogP contribution in [0.1, 0.15) is 18.4 Å². The third kappa shape index (κ3) is 2.16. The summed E-state index contributed by atoms with van der Waals surface area (Å²) in [5.41, 5.74) is 1.03. The normalized spacial score (nSPS) is 20.7. The molecule has 0 aromatic carbocycles. The topological polar surface area (TPSA) is 42.6 Å². The predicted molar refractivity (Wildman–Crippen MR) is 51.9 cm³/mol. The summed E-state index contributed by atoms with van der Waals surface area (Å²) >= 11 is 0. The minimum Gasteiger partial charge on any atom is -0.472 e. The second-order valence-corrected chi connectivity index (χ2v) is 3.94. The van der Waals surface area contributed by atoms with Gasteiger partial charge in [0.15, 0.2) is 0 Å². The minimum absolute atomic E-state index is 0.00935. The first-order valence-electron chi connectivity index (χ1n) is 5.03. The van der Waals surface area contributed by atoms with Gasteiger partial charge in [-0.15, -0.1) is 0 Å². The van der Waals surface area contributed by atoms with Crippen molar-refractivity contribution in [2.24, 2.45) is 5.92 Å². The summed E-state index contributed by atoms with van der Waals surface area (Å²) < 4.78 is 10.3. The molecule has 1 N–H and O–H groups in total. The van der Waals surface area contributed by atoms with Crippen LogP contribution < -0.4 is 0 Å². The van der Waals surface area contributed by atoms with Gasteiger partial charge in [0.2, 0.25) is 0 Å². The Morgan fingerprint density at radius 2 is 2.43 bits per heavy atom. The van der Waals surface area contributed by atoms with Crippen molar-refractivity contribution in [2.45, 2.75) is 31.5 Å². The summed E-state index contributed by atoms with van der Waals surface area (Å²) in [7, 11) is 1.67. The monoisotopic (exact) mass is 196 g/mol. The fraction of sp³-hybridized carbons (Fsp3) is 0.636. The Kier molecular flexibility index (Phi) is 2.89. The quantitative estimate of drug-likeness (QED) is 0.778. The van der Waals surface area contributed by atoms with E-state index in [-0.39, 0.29) is 6.10 Å². The average molecular weight is 196 g/mol. The zero-order valence-electron chi connectivity index (χ0n) is 8.35. The van der Waals surface area contributed by atoms with Gasteiger partial charge in [-0.3, -0.25) is 0 Å². The van der Waals surface area contributed by atoms with Crippen LogP contribution in [-0.4, -0.2) is 24.4 Å². The van der Waals surface area contributed by atoms with Crippen LogP contribution in [0.2, 0.25) is 0 Å². The molecule has 0 radical (unpaired) electrons. The van der Waals surface area contributed by atoms with Gasteiger partial charge in [-0.1, -0.05) is 0 Å². The van der Waals surface area contributed by atoms with Crippen molar-refractivity contribution in [3.8, 4) is 0 Å². The molecule has 1 aromatic rings. The molecule has 0 spiro atoms. The van der Waals surface area contributed by atoms with Gasteiger partial charge >= 0.3 is 0 Å². The maximum atomic E-state index is 9.92. The highest BCUT2D eigenvalue weighted by Crippen LogP contribution is 2.36. The number of hydrogen-bond acceptors (Lipinski definition) is 3. The molecular weight excluding hydrogens is 180 g/mol. The summed E-state index contributed by atoms with van der Waals surface area (Å²) in [6.07, 6.45) is 5.85. The van der Waals surface area contributed by atoms with E-state index in [2.05, 4.69) is 0 Å². The average Bonchev–Trinajstić information content (AvgIpc) is 2.86. The first-order valence-corrected chi connectivity index (χ1v) is 5.03. The van der Waals surface area contributed by atoms with E-state index >= 15 is 0 Å². The Labute approximate surface area is 83.7 Å². The summed E-state index contributed by atoms with van der Waals surface area (Å²) in [5, 5.41) is 9.92. The van der Waals surface area contributed by atoms with Gasteiger partial charge in [0.05, 0.1) is 24.7 Å². The number of hydrogen-bond donors (Lipinski definition) is 1. The molecule has 0 amide bonds. The molecule has 1 aromatic heterocycles. The van der Waals surface area contributed by atoms with Crippen molar-refractivity contribution in [3.05, 3.63) is 24.2 Å². The molecule has 3 nitrogen and oxygen atoms in total. The van der Waals surface area contributed by atoms with Crippen molar-refractivity contribution < 1.29 is 14.3 Å². The first kappa shape index (κ1) is 9.74. The molecule has 0 bridgehead atoms. The van der Waals surface area contributed by atoms with Gasteiger partial charge in [0, 0.05) is 13.5 Å². The van der Waals surface area contributed by atoms with Crippen molar-refractivity contribution in [3.63, 3.8) is 0 Å².